The number of unbranched alkanes of at least 4 members (excludes halogenated alkanes) is 1. The Balaban J connectivity index is 0.00000480. The fourth-order valence-electron chi connectivity index (χ4n) is 2.73. The van der Waals surface area contributed by atoms with E-state index in [1.807, 2.05) is 31.2 Å². The lowest BCUT2D eigenvalue weighted by atomic mass is 10.2. The fourth-order valence-corrected chi connectivity index (χ4v) is 2.73. The number of rotatable bonds is 13. The molecule has 1 amide bonds. The van der Waals surface area contributed by atoms with E-state index in [2.05, 4.69) is 33.0 Å². The number of guanidine groups is 1. The van der Waals surface area contributed by atoms with Gasteiger partial charge in [0, 0.05) is 44.4 Å². The molecule has 0 fully saturated rings. The normalized spacial score (nSPS) is 11.0. The van der Waals surface area contributed by atoms with Crippen molar-refractivity contribution in [3.8, 4) is 0 Å². The van der Waals surface area contributed by atoms with Crippen LogP contribution in [0.5, 0.6) is 0 Å². The first-order valence-corrected chi connectivity index (χ1v) is 10.7. The molecule has 9 heteroatoms. The Labute approximate surface area is 202 Å². The number of halogens is 1. The van der Waals surface area contributed by atoms with Crippen LogP contribution in [-0.2, 0) is 22.6 Å². The second-order valence-electron chi connectivity index (χ2n) is 6.89. The third-order valence-corrected chi connectivity index (χ3v) is 4.24. The molecule has 2 aromatic rings. The van der Waals surface area contributed by atoms with Crippen molar-refractivity contribution in [3.63, 3.8) is 0 Å². The van der Waals surface area contributed by atoms with E-state index in [1.165, 1.54) is 0 Å². The predicted molar refractivity (Wildman–Crippen MR) is 136 cm³/mol. The molecule has 1 aromatic heterocycles. The van der Waals surface area contributed by atoms with E-state index in [-0.39, 0.29) is 36.4 Å². The molecular weight excluding hydrogens is 507 g/mol. The molecular formula is C22H35IN6O2. The monoisotopic (exact) mass is 542 g/mol. The van der Waals surface area contributed by atoms with Crippen molar-refractivity contribution in [1.29, 1.82) is 0 Å². The van der Waals surface area contributed by atoms with Gasteiger partial charge in [-0.2, -0.15) is 5.10 Å². The summed E-state index contributed by atoms with van der Waals surface area (Å²) in [4.78, 5) is 16.8. The van der Waals surface area contributed by atoms with Gasteiger partial charge in [-0.3, -0.25) is 9.48 Å². The van der Waals surface area contributed by atoms with Gasteiger partial charge in [0.2, 0.25) is 5.91 Å². The van der Waals surface area contributed by atoms with Gasteiger partial charge in [-0.15, -0.1) is 24.0 Å². The first kappa shape index (κ1) is 26.9. The van der Waals surface area contributed by atoms with Gasteiger partial charge in [-0.1, -0.05) is 25.5 Å². The SMILES string of the molecule is CCCCOCCCNC(=NCc1cccc(NC(=O)Cn2cccn2)c1)NCC.I. The Morgan fingerprint density at radius 2 is 2.00 bits per heavy atom. The molecule has 0 spiro atoms. The summed E-state index contributed by atoms with van der Waals surface area (Å²) in [5.74, 6) is 0.662. The van der Waals surface area contributed by atoms with Gasteiger partial charge in [0.25, 0.3) is 0 Å². The van der Waals surface area contributed by atoms with Crippen molar-refractivity contribution >= 4 is 41.5 Å². The molecule has 1 heterocycles. The molecule has 3 N–H and O–H groups in total. The molecule has 0 atom stereocenters. The minimum Gasteiger partial charge on any atom is -0.381 e. The van der Waals surface area contributed by atoms with E-state index in [0.717, 1.165) is 62.8 Å². The molecule has 1 aromatic carbocycles. The smallest absolute Gasteiger partial charge is 0.246 e. The average molecular weight is 542 g/mol. The van der Waals surface area contributed by atoms with Crippen LogP contribution in [0.1, 0.15) is 38.7 Å². The fraction of sp³-hybridized carbons (Fsp3) is 0.500. The van der Waals surface area contributed by atoms with Crippen molar-refractivity contribution < 1.29 is 9.53 Å². The molecule has 0 radical (unpaired) electrons. The molecule has 172 valence electrons. The Morgan fingerprint density at radius 1 is 1.16 bits per heavy atom. The number of hydrogen-bond donors (Lipinski definition) is 3. The summed E-state index contributed by atoms with van der Waals surface area (Å²) in [6, 6.07) is 9.52. The van der Waals surface area contributed by atoms with Gasteiger partial charge in [0.15, 0.2) is 5.96 Å². The number of aliphatic imine (C=N–C) groups is 1. The van der Waals surface area contributed by atoms with E-state index in [0.29, 0.717) is 6.54 Å². The number of benzene rings is 1. The van der Waals surface area contributed by atoms with Crippen LogP contribution in [0.4, 0.5) is 5.69 Å². The van der Waals surface area contributed by atoms with E-state index in [1.54, 1.807) is 23.1 Å². The van der Waals surface area contributed by atoms with Crippen molar-refractivity contribution in [1.82, 2.24) is 20.4 Å². The number of hydrogen-bond acceptors (Lipinski definition) is 4. The van der Waals surface area contributed by atoms with Crippen molar-refractivity contribution in [2.75, 3.05) is 31.6 Å². The number of carbonyl (C=O) groups excluding carboxylic acids is 1. The van der Waals surface area contributed by atoms with Crippen molar-refractivity contribution in [2.45, 2.75) is 46.2 Å². The molecule has 0 saturated heterocycles. The molecule has 0 saturated carbocycles. The summed E-state index contributed by atoms with van der Waals surface area (Å²) < 4.78 is 7.17. The standard InChI is InChI=1S/C22H34N6O2.HI/c1-3-5-14-30-15-8-11-24-22(23-4-2)25-17-19-9-6-10-20(16-19)27-21(29)18-28-13-7-12-26-28;/h6-7,9-10,12-13,16H,3-5,8,11,14-15,17-18H2,1-2H3,(H,27,29)(H2,23,24,25);1H. The number of aromatic nitrogens is 2. The molecule has 2 rings (SSSR count). The highest BCUT2D eigenvalue weighted by molar-refractivity contribution is 14.0. The molecule has 31 heavy (non-hydrogen) atoms. The van der Waals surface area contributed by atoms with Crippen molar-refractivity contribution in [3.05, 3.63) is 48.3 Å². The van der Waals surface area contributed by atoms with Gasteiger partial charge in [0.1, 0.15) is 6.54 Å². The maximum absolute atomic E-state index is 12.1. The van der Waals surface area contributed by atoms with Gasteiger partial charge < -0.3 is 20.7 Å². The van der Waals surface area contributed by atoms with E-state index in [4.69, 9.17) is 4.74 Å². The van der Waals surface area contributed by atoms with E-state index in [9.17, 15) is 4.79 Å². The van der Waals surface area contributed by atoms with Crippen LogP contribution >= 0.6 is 24.0 Å². The number of carbonyl (C=O) groups is 1. The Hall–Kier alpha value is -2.14. The number of anilines is 1. The molecule has 0 aliphatic rings. The highest BCUT2D eigenvalue weighted by atomic mass is 127. The molecule has 0 bridgehead atoms. The van der Waals surface area contributed by atoms with E-state index < -0.39 is 0 Å². The third kappa shape index (κ3) is 11.7. The summed E-state index contributed by atoms with van der Waals surface area (Å²) >= 11 is 0. The van der Waals surface area contributed by atoms with E-state index >= 15 is 0 Å². The van der Waals surface area contributed by atoms with Crippen LogP contribution in [0, 0.1) is 0 Å². The maximum Gasteiger partial charge on any atom is 0.246 e. The lowest BCUT2D eigenvalue weighted by molar-refractivity contribution is -0.116. The predicted octanol–water partition coefficient (Wildman–Crippen LogP) is 3.40. The number of ether oxygens (including phenoxy) is 1. The summed E-state index contributed by atoms with van der Waals surface area (Å²) in [6.45, 7) is 8.10. The number of nitrogens with one attached hydrogen (secondary N) is 3. The zero-order chi connectivity index (χ0) is 21.4. The Bertz CT molecular complexity index is 767. The quantitative estimate of drug-likeness (QED) is 0.156. The lowest BCUT2D eigenvalue weighted by Gasteiger charge is -2.12. The average Bonchev–Trinajstić information content (AvgIpc) is 3.24. The first-order chi connectivity index (χ1) is 14.7. The topological polar surface area (TPSA) is 92.6 Å². The Morgan fingerprint density at radius 3 is 2.74 bits per heavy atom. The van der Waals surface area contributed by atoms with Crippen LogP contribution in [0.15, 0.2) is 47.7 Å². The number of nitrogens with zero attached hydrogens (tertiary/aromatic N) is 3. The van der Waals surface area contributed by atoms with Gasteiger partial charge in [-0.25, -0.2) is 4.99 Å². The van der Waals surface area contributed by atoms with Crippen LogP contribution in [0.3, 0.4) is 0 Å². The first-order valence-electron chi connectivity index (χ1n) is 10.7. The summed E-state index contributed by atoms with van der Waals surface area (Å²) in [6.07, 6.45) is 6.62. The Kier molecular flexibility index (Phi) is 14.3. The second-order valence-corrected chi connectivity index (χ2v) is 6.89. The minimum absolute atomic E-state index is 0. The van der Waals surface area contributed by atoms with Crippen LogP contribution in [0.25, 0.3) is 0 Å². The van der Waals surface area contributed by atoms with Gasteiger partial charge >= 0.3 is 0 Å². The second kappa shape index (κ2) is 16.5. The minimum atomic E-state index is -0.115. The zero-order valence-electron chi connectivity index (χ0n) is 18.5. The van der Waals surface area contributed by atoms with Crippen LogP contribution in [0.2, 0.25) is 0 Å². The summed E-state index contributed by atoms with van der Waals surface area (Å²) in [7, 11) is 0. The summed E-state index contributed by atoms with van der Waals surface area (Å²) in [5, 5.41) is 13.5. The van der Waals surface area contributed by atoms with Gasteiger partial charge in [-0.05, 0) is 43.5 Å². The highest BCUT2D eigenvalue weighted by Crippen LogP contribution is 2.11. The van der Waals surface area contributed by atoms with Crippen molar-refractivity contribution in [2.24, 2.45) is 4.99 Å². The maximum atomic E-state index is 12.1. The largest absolute Gasteiger partial charge is 0.381 e. The lowest BCUT2D eigenvalue weighted by Crippen LogP contribution is -2.38. The molecule has 8 nitrogen and oxygen atoms in total. The van der Waals surface area contributed by atoms with Crippen LogP contribution < -0.4 is 16.0 Å². The zero-order valence-corrected chi connectivity index (χ0v) is 20.8. The highest BCUT2D eigenvalue weighted by Gasteiger charge is 2.05. The van der Waals surface area contributed by atoms with Gasteiger partial charge in [0.05, 0.1) is 6.54 Å². The summed E-state index contributed by atoms with van der Waals surface area (Å²) in [5.41, 5.74) is 1.77. The molecule has 0 unspecified atom stereocenters. The molecule has 0 aliphatic carbocycles. The number of amides is 1. The van der Waals surface area contributed by atoms with Crippen LogP contribution in [-0.4, -0.2) is 48.0 Å². The molecule has 0 aliphatic heterocycles. The third-order valence-electron chi connectivity index (χ3n) is 4.24.